The summed E-state index contributed by atoms with van der Waals surface area (Å²) in [7, 11) is 1.63. The standard InChI is InChI=1S/C22H34O4Si/c1-24-19-14-16-9-10-21(26-27(3,4)5)22(18(16)15-20(19)25-2)12-7-6-8-17(22)11-13-23/h10,14-15,17,23H,6-9,11-13H2,1-5H3/t17-,22-/m0/s1. The van der Waals surface area contributed by atoms with E-state index in [1.165, 1.54) is 24.0 Å². The molecule has 1 N–H and O–H groups in total. The Bertz CT molecular complexity index is 705. The van der Waals surface area contributed by atoms with Crippen LogP contribution in [0.4, 0.5) is 0 Å². The molecule has 27 heavy (non-hydrogen) atoms. The van der Waals surface area contributed by atoms with Crippen LogP contribution in [-0.4, -0.2) is 34.3 Å². The van der Waals surface area contributed by atoms with Crippen molar-refractivity contribution in [3.8, 4) is 11.5 Å². The largest absolute Gasteiger partial charge is 0.547 e. The summed E-state index contributed by atoms with van der Waals surface area (Å²) in [5.74, 6) is 3.08. The highest BCUT2D eigenvalue weighted by Gasteiger charge is 2.49. The van der Waals surface area contributed by atoms with Gasteiger partial charge in [-0.15, -0.1) is 0 Å². The molecular formula is C22H34O4Si. The van der Waals surface area contributed by atoms with Gasteiger partial charge in [0.25, 0.3) is 0 Å². The molecule has 0 unspecified atom stereocenters. The van der Waals surface area contributed by atoms with Crippen molar-refractivity contribution in [1.29, 1.82) is 0 Å². The summed E-state index contributed by atoms with van der Waals surface area (Å²) in [6.07, 6.45) is 8.54. The number of allylic oxidation sites excluding steroid dienone is 2. The SMILES string of the molecule is COc1cc2c(cc1OC)[C@@]1(CCCC[C@H]1CCO)C(O[Si](C)(C)C)=CC2. The zero-order valence-electron chi connectivity index (χ0n) is 17.4. The summed E-state index contributed by atoms with van der Waals surface area (Å²) in [6, 6.07) is 4.30. The van der Waals surface area contributed by atoms with Crippen LogP contribution in [0.2, 0.25) is 19.6 Å². The van der Waals surface area contributed by atoms with Crippen LogP contribution >= 0.6 is 0 Å². The van der Waals surface area contributed by atoms with Gasteiger partial charge in [0.15, 0.2) is 11.5 Å². The van der Waals surface area contributed by atoms with Crippen molar-refractivity contribution in [2.75, 3.05) is 20.8 Å². The lowest BCUT2D eigenvalue weighted by molar-refractivity contribution is 0.127. The predicted molar refractivity (Wildman–Crippen MR) is 111 cm³/mol. The van der Waals surface area contributed by atoms with Crippen LogP contribution in [0.15, 0.2) is 24.0 Å². The average molecular weight is 391 g/mol. The quantitative estimate of drug-likeness (QED) is 0.709. The Labute approximate surface area is 164 Å². The smallest absolute Gasteiger partial charge is 0.241 e. The zero-order valence-corrected chi connectivity index (χ0v) is 18.4. The minimum absolute atomic E-state index is 0.158. The van der Waals surface area contributed by atoms with Crippen LogP contribution in [0, 0.1) is 5.92 Å². The van der Waals surface area contributed by atoms with Crippen molar-refractivity contribution >= 4 is 8.32 Å². The molecule has 1 aromatic rings. The zero-order chi connectivity index (χ0) is 19.7. The summed E-state index contributed by atoms with van der Waals surface area (Å²) in [5, 5.41) is 9.79. The van der Waals surface area contributed by atoms with Crippen molar-refractivity contribution in [1.82, 2.24) is 0 Å². The Balaban J connectivity index is 2.19. The maximum absolute atomic E-state index is 9.79. The summed E-state index contributed by atoms with van der Waals surface area (Å²) < 4.78 is 17.9. The number of benzene rings is 1. The molecule has 1 spiro atoms. The van der Waals surface area contributed by atoms with Gasteiger partial charge in [0.05, 0.1) is 25.4 Å². The van der Waals surface area contributed by atoms with Crippen LogP contribution in [0.25, 0.3) is 0 Å². The van der Waals surface area contributed by atoms with Gasteiger partial charge in [-0.05, 0) is 80.6 Å². The van der Waals surface area contributed by atoms with Crippen molar-refractivity contribution in [2.24, 2.45) is 5.92 Å². The molecule has 0 saturated heterocycles. The third-order valence-electron chi connectivity index (χ3n) is 6.00. The molecule has 0 amide bonds. The maximum Gasteiger partial charge on any atom is 0.241 e. The number of aliphatic hydroxyl groups excluding tert-OH is 1. The first-order chi connectivity index (χ1) is 12.9. The van der Waals surface area contributed by atoms with Crippen LogP contribution < -0.4 is 9.47 Å². The van der Waals surface area contributed by atoms with E-state index in [-0.39, 0.29) is 12.0 Å². The minimum Gasteiger partial charge on any atom is -0.547 e. The fraction of sp³-hybridized carbons (Fsp3) is 0.636. The molecule has 0 heterocycles. The van der Waals surface area contributed by atoms with Crippen LogP contribution in [-0.2, 0) is 16.3 Å². The molecule has 1 aromatic carbocycles. The van der Waals surface area contributed by atoms with E-state index in [4.69, 9.17) is 13.9 Å². The normalized spacial score (nSPS) is 25.0. The number of hydrogen-bond acceptors (Lipinski definition) is 4. The van der Waals surface area contributed by atoms with Gasteiger partial charge in [-0.2, -0.15) is 0 Å². The van der Waals surface area contributed by atoms with Crippen LogP contribution in [0.5, 0.6) is 11.5 Å². The highest BCUT2D eigenvalue weighted by Crippen LogP contribution is 2.55. The van der Waals surface area contributed by atoms with Gasteiger partial charge in [-0.1, -0.05) is 12.8 Å². The molecule has 0 aliphatic heterocycles. The third kappa shape index (κ3) is 3.76. The van der Waals surface area contributed by atoms with Crippen LogP contribution in [0.1, 0.15) is 43.2 Å². The third-order valence-corrected chi connectivity index (χ3v) is 6.83. The summed E-state index contributed by atoms with van der Waals surface area (Å²) in [4.78, 5) is 0. The van der Waals surface area contributed by atoms with E-state index in [0.717, 1.165) is 42.9 Å². The maximum atomic E-state index is 9.79. The lowest BCUT2D eigenvalue weighted by Gasteiger charge is -2.50. The number of ether oxygens (including phenoxy) is 2. The lowest BCUT2D eigenvalue weighted by Crippen LogP contribution is -2.46. The number of hydrogen-bond donors (Lipinski definition) is 1. The molecule has 1 fully saturated rings. The van der Waals surface area contributed by atoms with Gasteiger partial charge in [0.2, 0.25) is 8.32 Å². The highest BCUT2D eigenvalue weighted by atomic mass is 28.4. The lowest BCUT2D eigenvalue weighted by atomic mass is 9.58. The first kappa shape index (κ1) is 20.3. The summed E-state index contributed by atoms with van der Waals surface area (Å²) in [5.41, 5.74) is 2.45. The predicted octanol–water partition coefficient (Wildman–Crippen LogP) is 4.81. The Kier molecular flexibility index (Phi) is 5.92. The Hall–Kier alpha value is -1.46. The second kappa shape index (κ2) is 7.88. The van der Waals surface area contributed by atoms with Gasteiger partial charge in [-0.3, -0.25) is 0 Å². The van der Waals surface area contributed by atoms with Crippen molar-refractivity contribution in [3.05, 3.63) is 35.1 Å². The molecule has 3 rings (SSSR count). The van der Waals surface area contributed by atoms with E-state index in [2.05, 4.69) is 37.8 Å². The molecule has 150 valence electrons. The first-order valence-electron chi connectivity index (χ1n) is 10.1. The monoisotopic (exact) mass is 390 g/mol. The van der Waals surface area contributed by atoms with E-state index in [0.29, 0.717) is 5.92 Å². The molecule has 2 aliphatic rings. The number of rotatable bonds is 6. The first-order valence-corrected chi connectivity index (χ1v) is 13.5. The van der Waals surface area contributed by atoms with E-state index in [9.17, 15) is 5.11 Å². The van der Waals surface area contributed by atoms with Gasteiger partial charge < -0.3 is 19.0 Å². The summed E-state index contributed by atoms with van der Waals surface area (Å²) >= 11 is 0. The van der Waals surface area contributed by atoms with E-state index in [1.54, 1.807) is 14.2 Å². The molecule has 0 radical (unpaired) electrons. The van der Waals surface area contributed by atoms with Crippen LogP contribution in [0.3, 0.4) is 0 Å². The van der Waals surface area contributed by atoms with E-state index >= 15 is 0 Å². The topological polar surface area (TPSA) is 47.9 Å². The highest BCUT2D eigenvalue weighted by molar-refractivity contribution is 6.70. The van der Waals surface area contributed by atoms with E-state index < -0.39 is 8.32 Å². The molecule has 2 aliphatic carbocycles. The molecule has 0 aromatic heterocycles. The molecule has 5 heteroatoms. The van der Waals surface area contributed by atoms with E-state index in [1.807, 2.05) is 0 Å². The number of methoxy groups -OCH3 is 2. The Morgan fingerprint density at radius 1 is 1.11 bits per heavy atom. The van der Waals surface area contributed by atoms with Crippen molar-refractivity contribution in [3.63, 3.8) is 0 Å². The molecule has 2 atom stereocenters. The summed E-state index contributed by atoms with van der Waals surface area (Å²) in [6.45, 7) is 6.95. The molecular weight excluding hydrogens is 356 g/mol. The molecule has 1 saturated carbocycles. The fourth-order valence-electron chi connectivity index (χ4n) is 4.96. The van der Waals surface area contributed by atoms with Crippen molar-refractivity contribution < 1.29 is 19.0 Å². The minimum atomic E-state index is -1.75. The van der Waals surface area contributed by atoms with Gasteiger partial charge in [-0.25, -0.2) is 0 Å². The second-order valence-corrected chi connectivity index (χ2v) is 13.2. The van der Waals surface area contributed by atoms with Crippen molar-refractivity contribution in [2.45, 2.75) is 63.6 Å². The Morgan fingerprint density at radius 3 is 2.44 bits per heavy atom. The second-order valence-electron chi connectivity index (χ2n) is 8.78. The number of fused-ring (bicyclic) bond motifs is 2. The van der Waals surface area contributed by atoms with Gasteiger partial charge >= 0.3 is 0 Å². The molecule has 4 nitrogen and oxygen atoms in total. The Morgan fingerprint density at radius 2 is 1.81 bits per heavy atom. The number of aliphatic hydroxyl groups is 1. The fourth-order valence-corrected chi connectivity index (χ4v) is 5.88. The van der Waals surface area contributed by atoms with Gasteiger partial charge in [0, 0.05) is 6.61 Å². The molecule has 0 bridgehead atoms. The van der Waals surface area contributed by atoms with Gasteiger partial charge in [0.1, 0.15) is 0 Å². The average Bonchev–Trinajstić information content (AvgIpc) is 2.64.